The lowest BCUT2D eigenvalue weighted by molar-refractivity contribution is -0.929. The van der Waals surface area contributed by atoms with Crippen molar-refractivity contribution in [1.29, 1.82) is 0 Å². The summed E-state index contributed by atoms with van der Waals surface area (Å²) in [7, 11) is 0. The number of piperazine rings is 1. The van der Waals surface area contributed by atoms with E-state index in [-0.39, 0.29) is 23.6 Å². The minimum absolute atomic E-state index is 0.0603. The Hall–Kier alpha value is -3.38. The quantitative estimate of drug-likeness (QED) is 0.643. The Morgan fingerprint density at radius 2 is 1.48 bits per heavy atom. The molecule has 31 heavy (non-hydrogen) atoms. The third kappa shape index (κ3) is 4.86. The molecular formula is C25H28N3O3+. The van der Waals surface area contributed by atoms with Gasteiger partial charge in [-0.15, -0.1) is 0 Å². The number of carbonyl (C=O) groups excluding carboxylic acids is 2. The third-order valence-electron chi connectivity index (χ3n) is 5.85. The molecule has 3 aromatic rings. The predicted octanol–water partition coefficient (Wildman–Crippen LogP) is 1.91. The van der Waals surface area contributed by atoms with Gasteiger partial charge in [0.1, 0.15) is 12.1 Å². The molecule has 1 aliphatic rings. The number of hydrogen-bond acceptors (Lipinski definition) is 3. The second kappa shape index (κ2) is 9.62. The number of nitrogens with zero attached hydrogens (tertiary/aromatic N) is 1. The summed E-state index contributed by atoms with van der Waals surface area (Å²) in [5.74, 6) is -0.222. The van der Waals surface area contributed by atoms with E-state index in [0.717, 1.165) is 13.1 Å². The van der Waals surface area contributed by atoms with Gasteiger partial charge < -0.3 is 19.5 Å². The summed E-state index contributed by atoms with van der Waals surface area (Å²) in [6.45, 7) is 4.73. The smallest absolute Gasteiger partial charge is 0.287 e. The first-order chi connectivity index (χ1) is 15.1. The molecule has 0 saturated carbocycles. The topological polar surface area (TPSA) is 67.0 Å². The molecule has 4 rings (SSSR count). The third-order valence-corrected chi connectivity index (χ3v) is 5.85. The summed E-state index contributed by atoms with van der Waals surface area (Å²) in [4.78, 5) is 28.4. The molecule has 0 unspecified atom stereocenters. The van der Waals surface area contributed by atoms with Crippen LogP contribution in [-0.2, 0) is 4.79 Å². The van der Waals surface area contributed by atoms with Gasteiger partial charge in [0.05, 0.1) is 32.4 Å². The molecule has 1 atom stereocenters. The molecule has 0 bridgehead atoms. The lowest BCUT2D eigenvalue weighted by Crippen LogP contribution is -3.15. The number of benzene rings is 2. The maximum atomic E-state index is 12.9. The van der Waals surface area contributed by atoms with Crippen molar-refractivity contribution in [3.05, 3.63) is 95.9 Å². The van der Waals surface area contributed by atoms with E-state index in [9.17, 15) is 9.59 Å². The van der Waals surface area contributed by atoms with Gasteiger partial charge in [-0.1, -0.05) is 60.7 Å². The molecule has 2 amide bonds. The van der Waals surface area contributed by atoms with Crippen molar-refractivity contribution in [3.8, 4) is 0 Å². The van der Waals surface area contributed by atoms with Crippen LogP contribution < -0.4 is 10.2 Å². The average molecular weight is 419 g/mol. The van der Waals surface area contributed by atoms with Crippen LogP contribution in [0, 0.1) is 0 Å². The van der Waals surface area contributed by atoms with E-state index < -0.39 is 6.04 Å². The molecule has 0 radical (unpaired) electrons. The van der Waals surface area contributed by atoms with Gasteiger partial charge >= 0.3 is 0 Å². The van der Waals surface area contributed by atoms with Crippen LogP contribution in [0.5, 0.6) is 0 Å². The van der Waals surface area contributed by atoms with E-state index in [0.29, 0.717) is 13.1 Å². The van der Waals surface area contributed by atoms with E-state index in [1.54, 1.807) is 19.1 Å². The summed E-state index contributed by atoms with van der Waals surface area (Å²) in [5, 5.41) is 2.73. The van der Waals surface area contributed by atoms with Crippen molar-refractivity contribution in [1.82, 2.24) is 10.2 Å². The maximum absolute atomic E-state index is 12.9. The van der Waals surface area contributed by atoms with Gasteiger partial charge in [0.15, 0.2) is 5.76 Å². The van der Waals surface area contributed by atoms with Crippen LogP contribution in [0.4, 0.5) is 0 Å². The zero-order chi connectivity index (χ0) is 21.6. The molecular weight excluding hydrogens is 390 g/mol. The van der Waals surface area contributed by atoms with E-state index >= 15 is 0 Å². The van der Waals surface area contributed by atoms with Gasteiger partial charge in [-0.3, -0.25) is 9.59 Å². The van der Waals surface area contributed by atoms with Crippen molar-refractivity contribution in [2.45, 2.75) is 19.0 Å². The first-order valence-electron chi connectivity index (χ1n) is 10.7. The number of furan rings is 1. The van der Waals surface area contributed by atoms with E-state index in [4.69, 9.17) is 4.42 Å². The van der Waals surface area contributed by atoms with Crippen molar-refractivity contribution in [2.24, 2.45) is 0 Å². The molecule has 1 aliphatic heterocycles. The van der Waals surface area contributed by atoms with Gasteiger partial charge in [-0.2, -0.15) is 0 Å². The Balaban J connectivity index is 1.40. The van der Waals surface area contributed by atoms with Crippen LogP contribution in [0.15, 0.2) is 83.5 Å². The second-order valence-corrected chi connectivity index (χ2v) is 7.91. The van der Waals surface area contributed by atoms with Crippen molar-refractivity contribution < 1.29 is 18.9 Å². The Morgan fingerprint density at radius 3 is 2.00 bits per heavy atom. The van der Waals surface area contributed by atoms with Crippen molar-refractivity contribution >= 4 is 11.8 Å². The van der Waals surface area contributed by atoms with Crippen LogP contribution in [0.2, 0.25) is 0 Å². The second-order valence-electron chi connectivity index (χ2n) is 7.91. The molecule has 6 nitrogen and oxygen atoms in total. The van der Waals surface area contributed by atoms with Crippen LogP contribution in [0.25, 0.3) is 0 Å². The molecule has 1 fully saturated rings. The molecule has 0 aliphatic carbocycles. The summed E-state index contributed by atoms with van der Waals surface area (Å²) >= 11 is 0. The fraction of sp³-hybridized carbons (Fsp3) is 0.280. The highest BCUT2D eigenvalue weighted by molar-refractivity contribution is 5.95. The maximum Gasteiger partial charge on any atom is 0.287 e. The monoisotopic (exact) mass is 418 g/mol. The Morgan fingerprint density at radius 1 is 0.903 bits per heavy atom. The van der Waals surface area contributed by atoms with E-state index in [1.165, 1.54) is 22.3 Å². The number of hydrogen-bond donors (Lipinski definition) is 2. The van der Waals surface area contributed by atoms with Crippen LogP contribution in [0.1, 0.15) is 34.6 Å². The highest BCUT2D eigenvalue weighted by Crippen LogP contribution is 2.19. The Bertz CT molecular complexity index is 942. The summed E-state index contributed by atoms with van der Waals surface area (Å²) in [5.41, 5.74) is 2.56. The molecule has 160 valence electrons. The molecule has 2 aromatic carbocycles. The number of rotatable bonds is 6. The standard InChI is InChI=1S/C25H27N3O3/c1-19(26-24(29)22-13-8-18-31-22)25(30)28-16-14-27(15-17-28)23(20-9-4-2-5-10-20)21-11-6-3-7-12-21/h2-13,18-19,23H,14-17H2,1H3,(H,26,29)/p+1/t19-/m0/s1. The Kier molecular flexibility index (Phi) is 6.48. The Labute approximate surface area is 182 Å². The lowest BCUT2D eigenvalue weighted by Gasteiger charge is -2.37. The first kappa shape index (κ1) is 20.9. The molecule has 2 N–H and O–H groups in total. The van der Waals surface area contributed by atoms with Gasteiger partial charge in [-0.25, -0.2) is 0 Å². The highest BCUT2D eigenvalue weighted by Gasteiger charge is 2.33. The molecule has 1 aromatic heterocycles. The zero-order valence-corrected chi connectivity index (χ0v) is 17.7. The minimum Gasteiger partial charge on any atom is -0.459 e. The number of carbonyl (C=O) groups is 2. The zero-order valence-electron chi connectivity index (χ0n) is 17.7. The van der Waals surface area contributed by atoms with Crippen LogP contribution >= 0.6 is 0 Å². The van der Waals surface area contributed by atoms with Crippen LogP contribution in [0.3, 0.4) is 0 Å². The lowest BCUT2D eigenvalue weighted by atomic mass is 9.96. The van der Waals surface area contributed by atoms with Gasteiger partial charge in [0, 0.05) is 11.1 Å². The molecule has 6 heteroatoms. The number of quaternary nitrogens is 1. The average Bonchev–Trinajstić information content (AvgIpc) is 3.36. The largest absolute Gasteiger partial charge is 0.459 e. The minimum atomic E-state index is -0.599. The van der Waals surface area contributed by atoms with Crippen molar-refractivity contribution in [2.75, 3.05) is 26.2 Å². The molecule has 2 heterocycles. The summed E-state index contributed by atoms with van der Waals surface area (Å²) < 4.78 is 5.11. The van der Waals surface area contributed by atoms with E-state index in [2.05, 4.69) is 53.8 Å². The SMILES string of the molecule is C[C@H](NC(=O)c1ccco1)C(=O)N1CC[NH+](C(c2ccccc2)c2ccccc2)CC1. The fourth-order valence-corrected chi connectivity index (χ4v) is 4.27. The van der Waals surface area contributed by atoms with Gasteiger partial charge in [0.25, 0.3) is 5.91 Å². The van der Waals surface area contributed by atoms with E-state index in [1.807, 2.05) is 17.0 Å². The summed E-state index contributed by atoms with van der Waals surface area (Å²) in [6.07, 6.45) is 1.44. The number of amides is 2. The van der Waals surface area contributed by atoms with Gasteiger partial charge in [0.2, 0.25) is 5.91 Å². The summed E-state index contributed by atoms with van der Waals surface area (Å²) in [6, 6.07) is 24.0. The molecule has 0 spiro atoms. The fourth-order valence-electron chi connectivity index (χ4n) is 4.27. The van der Waals surface area contributed by atoms with Gasteiger partial charge in [-0.05, 0) is 19.1 Å². The van der Waals surface area contributed by atoms with Crippen molar-refractivity contribution in [3.63, 3.8) is 0 Å². The normalized spacial score (nSPS) is 15.6. The first-order valence-corrected chi connectivity index (χ1v) is 10.7. The van der Waals surface area contributed by atoms with Crippen LogP contribution in [-0.4, -0.2) is 48.9 Å². The number of nitrogens with one attached hydrogen (secondary N) is 2. The molecule has 1 saturated heterocycles. The highest BCUT2D eigenvalue weighted by atomic mass is 16.3. The predicted molar refractivity (Wildman–Crippen MR) is 118 cm³/mol.